The highest BCUT2D eigenvalue weighted by molar-refractivity contribution is 5.44. The molecule has 0 heterocycles. The molecule has 0 aliphatic heterocycles. The lowest BCUT2D eigenvalue weighted by Gasteiger charge is -2.05. The monoisotopic (exact) mass is 179 g/mol. The van der Waals surface area contributed by atoms with E-state index < -0.39 is 0 Å². The van der Waals surface area contributed by atoms with Crippen molar-refractivity contribution in [3.05, 3.63) is 23.8 Å². The van der Waals surface area contributed by atoms with E-state index in [9.17, 15) is 5.11 Å². The molecular formula is C10H13NO2. The minimum absolute atomic E-state index is 0.181. The fourth-order valence-corrected chi connectivity index (χ4v) is 1.52. The maximum atomic E-state index is 9.35. The molecular weight excluding hydrogens is 166 g/mol. The molecule has 0 amide bonds. The molecule has 0 aromatic heterocycles. The quantitative estimate of drug-likeness (QED) is 0.717. The standard InChI is InChI=1S/C10H13NO2/c1-13-10-4-6(2-3-9(10)12)7-5-8(7)11/h2-4,7-8,12H,5,11H2,1H3/t7-,8+/m0/s1. The van der Waals surface area contributed by atoms with Crippen LogP contribution in [0.5, 0.6) is 11.5 Å². The maximum Gasteiger partial charge on any atom is 0.160 e. The van der Waals surface area contributed by atoms with E-state index in [2.05, 4.69) is 0 Å². The van der Waals surface area contributed by atoms with E-state index in [1.807, 2.05) is 12.1 Å². The molecule has 3 heteroatoms. The lowest BCUT2D eigenvalue weighted by Crippen LogP contribution is -2.00. The van der Waals surface area contributed by atoms with E-state index in [-0.39, 0.29) is 11.8 Å². The summed E-state index contributed by atoms with van der Waals surface area (Å²) in [5.74, 6) is 1.16. The number of rotatable bonds is 2. The Morgan fingerprint density at radius 3 is 2.77 bits per heavy atom. The highest BCUT2D eigenvalue weighted by Gasteiger charge is 2.35. The van der Waals surface area contributed by atoms with Gasteiger partial charge in [-0.1, -0.05) is 6.07 Å². The summed E-state index contributed by atoms with van der Waals surface area (Å²) >= 11 is 0. The van der Waals surface area contributed by atoms with Gasteiger partial charge in [0.05, 0.1) is 7.11 Å². The van der Waals surface area contributed by atoms with Gasteiger partial charge < -0.3 is 15.6 Å². The number of aromatic hydroxyl groups is 1. The molecule has 0 spiro atoms. The Morgan fingerprint density at radius 1 is 1.54 bits per heavy atom. The van der Waals surface area contributed by atoms with E-state index >= 15 is 0 Å². The molecule has 0 radical (unpaired) electrons. The molecule has 0 bridgehead atoms. The summed E-state index contributed by atoms with van der Waals surface area (Å²) in [6.45, 7) is 0. The Kier molecular flexibility index (Phi) is 1.88. The average molecular weight is 179 g/mol. The van der Waals surface area contributed by atoms with Crippen LogP contribution in [0.25, 0.3) is 0 Å². The number of hydrogen-bond donors (Lipinski definition) is 2. The highest BCUT2D eigenvalue weighted by Crippen LogP contribution is 2.41. The second-order valence-electron chi connectivity index (χ2n) is 3.44. The minimum Gasteiger partial charge on any atom is -0.504 e. The van der Waals surface area contributed by atoms with E-state index in [4.69, 9.17) is 10.5 Å². The number of phenols is 1. The van der Waals surface area contributed by atoms with Gasteiger partial charge in [-0.15, -0.1) is 0 Å². The topological polar surface area (TPSA) is 55.5 Å². The average Bonchev–Trinajstić information content (AvgIpc) is 2.84. The van der Waals surface area contributed by atoms with Gasteiger partial charge in [-0.05, 0) is 24.1 Å². The van der Waals surface area contributed by atoms with Crippen molar-refractivity contribution in [3.63, 3.8) is 0 Å². The van der Waals surface area contributed by atoms with E-state index in [0.29, 0.717) is 11.7 Å². The van der Waals surface area contributed by atoms with Crippen LogP contribution in [-0.4, -0.2) is 18.3 Å². The van der Waals surface area contributed by atoms with Gasteiger partial charge in [0.15, 0.2) is 11.5 Å². The molecule has 1 aromatic carbocycles. The highest BCUT2D eigenvalue weighted by atomic mass is 16.5. The first-order chi connectivity index (χ1) is 6.22. The van der Waals surface area contributed by atoms with Crippen LogP contribution in [0, 0.1) is 0 Å². The molecule has 0 saturated heterocycles. The predicted octanol–water partition coefficient (Wildman–Crippen LogP) is 1.22. The van der Waals surface area contributed by atoms with Crippen molar-refractivity contribution in [2.45, 2.75) is 18.4 Å². The van der Waals surface area contributed by atoms with Gasteiger partial charge >= 0.3 is 0 Å². The smallest absolute Gasteiger partial charge is 0.160 e. The minimum atomic E-state index is 0.181. The largest absolute Gasteiger partial charge is 0.504 e. The Labute approximate surface area is 77.1 Å². The lowest BCUT2D eigenvalue weighted by atomic mass is 10.1. The van der Waals surface area contributed by atoms with Gasteiger partial charge in [-0.2, -0.15) is 0 Å². The predicted molar refractivity (Wildman–Crippen MR) is 50.0 cm³/mol. The summed E-state index contributed by atoms with van der Waals surface area (Å²) in [7, 11) is 1.55. The summed E-state index contributed by atoms with van der Waals surface area (Å²) in [6, 6.07) is 5.69. The second kappa shape index (κ2) is 2.92. The van der Waals surface area contributed by atoms with Crippen LogP contribution in [0.4, 0.5) is 0 Å². The van der Waals surface area contributed by atoms with Crippen molar-refractivity contribution in [2.24, 2.45) is 5.73 Å². The Hall–Kier alpha value is -1.22. The zero-order valence-electron chi connectivity index (χ0n) is 7.53. The molecule has 1 aromatic rings. The molecule has 1 fully saturated rings. The molecule has 3 nitrogen and oxygen atoms in total. The molecule has 2 rings (SSSR count). The summed E-state index contributed by atoms with van der Waals surface area (Å²) < 4.78 is 5.01. The van der Waals surface area contributed by atoms with Crippen molar-refractivity contribution in [1.82, 2.24) is 0 Å². The van der Waals surface area contributed by atoms with Crippen LogP contribution in [0.2, 0.25) is 0 Å². The van der Waals surface area contributed by atoms with Gasteiger partial charge in [0, 0.05) is 12.0 Å². The van der Waals surface area contributed by atoms with E-state index in [1.165, 1.54) is 0 Å². The van der Waals surface area contributed by atoms with Crippen molar-refractivity contribution >= 4 is 0 Å². The third-order valence-electron chi connectivity index (χ3n) is 2.47. The van der Waals surface area contributed by atoms with Crippen LogP contribution < -0.4 is 10.5 Å². The molecule has 13 heavy (non-hydrogen) atoms. The zero-order valence-corrected chi connectivity index (χ0v) is 7.53. The molecule has 1 saturated carbocycles. The molecule has 2 atom stereocenters. The Balaban J connectivity index is 2.28. The molecule has 1 aliphatic rings. The third-order valence-corrected chi connectivity index (χ3v) is 2.47. The second-order valence-corrected chi connectivity index (χ2v) is 3.44. The van der Waals surface area contributed by atoms with Gasteiger partial charge in [0.1, 0.15) is 0 Å². The summed E-state index contributed by atoms with van der Waals surface area (Å²) in [5.41, 5.74) is 6.88. The number of phenolic OH excluding ortho intramolecular Hbond substituents is 1. The summed E-state index contributed by atoms with van der Waals surface area (Å²) in [6.07, 6.45) is 1.04. The fourth-order valence-electron chi connectivity index (χ4n) is 1.52. The maximum absolute atomic E-state index is 9.35. The van der Waals surface area contributed by atoms with Gasteiger partial charge in [-0.3, -0.25) is 0 Å². The summed E-state index contributed by atoms with van der Waals surface area (Å²) in [5, 5.41) is 9.35. The van der Waals surface area contributed by atoms with Crippen LogP contribution in [0.1, 0.15) is 17.9 Å². The number of hydrogen-bond acceptors (Lipinski definition) is 3. The number of nitrogens with two attached hydrogens (primary N) is 1. The van der Waals surface area contributed by atoms with E-state index in [0.717, 1.165) is 12.0 Å². The van der Waals surface area contributed by atoms with Crippen molar-refractivity contribution in [2.75, 3.05) is 7.11 Å². The lowest BCUT2D eigenvalue weighted by molar-refractivity contribution is 0.373. The Bertz CT molecular complexity index is 325. The van der Waals surface area contributed by atoms with Crippen molar-refractivity contribution < 1.29 is 9.84 Å². The normalized spacial score (nSPS) is 25.7. The van der Waals surface area contributed by atoms with Crippen molar-refractivity contribution in [1.29, 1.82) is 0 Å². The van der Waals surface area contributed by atoms with Crippen molar-refractivity contribution in [3.8, 4) is 11.5 Å². The van der Waals surface area contributed by atoms with Crippen LogP contribution in [0.15, 0.2) is 18.2 Å². The molecule has 3 N–H and O–H groups in total. The SMILES string of the molecule is COc1cc([C@@H]2C[C@H]2N)ccc1O. The number of methoxy groups -OCH3 is 1. The molecule has 1 aliphatic carbocycles. The number of benzene rings is 1. The van der Waals surface area contributed by atoms with Gasteiger partial charge in [0.25, 0.3) is 0 Å². The summed E-state index contributed by atoms with van der Waals surface area (Å²) in [4.78, 5) is 0. The van der Waals surface area contributed by atoms with Gasteiger partial charge in [-0.25, -0.2) is 0 Å². The van der Waals surface area contributed by atoms with Crippen LogP contribution in [0.3, 0.4) is 0 Å². The molecule has 0 unspecified atom stereocenters. The van der Waals surface area contributed by atoms with E-state index in [1.54, 1.807) is 13.2 Å². The zero-order chi connectivity index (χ0) is 9.42. The first kappa shape index (κ1) is 8.38. The number of ether oxygens (including phenoxy) is 1. The third kappa shape index (κ3) is 1.47. The first-order valence-corrected chi connectivity index (χ1v) is 4.35. The fraction of sp³-hybridized carbons (Fsp3) is 0.400. The van der Waals surface area contributed by atoms with Crippen LogP contribution >= 0.6 is 0 Å². The first-order valence-electron chi connectivity index (χ1n) is 4.35. The van der Waals surface area contributed by atoms with Gasteiger partial charge in [0.2, 0.25) is 0 Å². The Morgan fingerprint density at radius 2 is 2.23 bits per heavy atom. The van der Waals surface area contributed by atoms with Crippen LogP contribution in [-0.2, 0) is 0 Å². The molecule has 70 valence electrons.